The number of methoxy groups -OCH3 is 1. The van der Waals surface area contributed by atoms with Gasteiger partial charge in [-0.25, -0.2) is 0 Å². The van der Waals surface area contributed by atoms with Crippen molar-refractivity contribution in [3.63, 3.8) is 0 Å². The molecule has 2 fully saturated rings. The maximum absolute atomic E-state index is 12.7. The van der Waals surface area contributed by atoms with Crippen LogP contribution in [-0.4, -0.2) is 60.8 Å². The van der Waals surface area contributed by atoms with Crippen LogP contribution in [0.1, 0.15) is 37.7 Å². The number of benzene rings is 2. The van der Waals surface area contributed by atoms with Gasteiger partial charge in [0.1, 0.15) is 6.42 Å². The van der Waals surface area contributed by atoms with Crippen molar-refractivity contribution in [1.82, 2.24) is 4.90 Å². The Bertz CT molecular complexity index is 958. The number of anilines is 1. The van der Waals surface area contributed by atoms with Crippen molar-refractivity contribution in [2.24, 2.45) is 0 Å². The van der Waals surface area contributed by atoms with Gasteiger partial charge < -0.3 is 24.4 Å². The fraction of sp³-hybridized carbons (Fsp3) is 0.462. The van der Waals surface area contributed by atoms with E-state index in [1.54, 1.807) is 12.0 Å². The molecule has 0 aromatic heterocycles. The van der Waals surface area contributed by atoms with Crippen LogP contribution in [0.2, 0.25) is 0 Å². The third-order valence-electron chi connectivity index (χ3n) is 6.53. The molecule has 176 valence electrons. The van der Waals surface area contributed by atoms with Gasteiger partial charge in [0.05, 0.1) is 19.3 Å². The maximum Gasteiger partial charge on any atom is 0.312 e. The molecule has 1 saturated carbocycles. The van der Waals surface area contributed by atoms with Gasteiger partial charge in [0, 0.05) is 31.4 Å². The van der Waals surface area contributed by atoms with E-state index in [-0.39, 0.29) is 18.1 Å². The fourth-order valence-corrected chi connectivity index (χ4v) is 4.85. The molecule has 1 saturated heterocycles. The van der Waals surface area contributed by atoms with E-state index in [2.05, 4.69) is 4.90 Å². The summed E-state index contributed by atoms with van der Waals surface area (Å²) in [5.41, 5.74) is 2.14. The highest BCUT2D eigenvalue weighted by atomic mass is 16.5. The van der Waals surface area contributed by atoms with E-state index in [1.165, 1.54) is 12.8 Å². The molecule has 33 heavy (non-hydrogen) atoms. The van der Waals surface area contributed by atoms with Crippen molar-refractivity contribution in [3.8, 4) is 11.5 Å². The third-order valence-corrected chi connectivity index (χ3v) is 6.53. The van der Waals surface area contributed by atoms with Crippen molar-refractivity contribution in [3.05, 3.63) is 54.1 Å². The van der Waals surface area contributed by atoms with Crippen LogP contribution >= 0.6 is 0 Å². The number of carbonyl (C=O) groups is 2. The molecular weight excluding hydrogens is 420 g/mol. The van der Waals surface area contributed by atoms with E-state index >= 15 is 0 Å². The lowest BCUT2D eigenvalue weighted by molar-refractivity contribution is -0.145. The van der Waals surface area contributed by atoms with Gasteiger partial charge in [-0.1, -0.05) is 30.3 Å². The molecule has 0 spiro atoms. The van der Waals surface area contributed by atoms with Gasteiger partial charge >= 0.3 is 5.97 Å². The number of carboxylic acid groups (broad SMARTS) is 1. The van der Waals surface area contributed by atoms with Crippen LogP contribution in [0.5, 0.6) is 11.5 Å². The van der Waals surface area contributed by atoms with Gasteiger partial charge in [0.15, 0.2) is 11.5 Å². The highest BCUT2D eigenvalue weighted by Crippen LogP contribution is 2.35. The Morgan fingerprint density at radius 3 is 2.48 bits per heavy atom. The number of amides is 1. The SMILES string of the molecule is COc1ccc(N2CCN(C(=O)CC(=O)O)C(Cc3ccccc3)C2)cc1OC1CCCC1. The zero-order valence-electron chi connectivity index (χ0n) is 19.1. The maximum atomic E-state index is 12.7. The fourth-order valence-electron chi connectivity index (χ4n) is 4.85. The minimum absolute atomic E-state index is 0.116. The first-order valence-corrected chi connectivity index (χ1v) is 11.7. The van der Waals surface area contributed by atoms with Gasteiger partial charge in [0.2, 0.25) is 5.91 Å². The van der Waals surface area contributed by atoms with Crippen LogP contribution in [0.4, 0.5) is 5.69 Å². The summed E-state index contributed by atoms with van der Waals surface area (Å²) in [6, 6.07) is 15.9. The average molecular weight is 453 g/mol. The van der Waals surface area contributed by atoms with E-state index in [9.17, 15) is 9.59 Å². The second-order valence-corrected chi connectivity index (χ2v) is 8.81. The molecule has 1 aliphatic heterocycles. The Labute approximate surface area is 194 Å². The zero-order chi connectivity index (χ0) is 23.2. The highest BCUT2D eigenvalue weighted by Gasteiger charge is 2.32. The monoisotopic (exact) mass is 452 g/mol. The summed E-state index contributed by atoms with van der Waals surface area (Å²) in [6.07, 6.45) is 4.94. The molecule has 2 aromatic rings. The van der Waals surface area contributed by atoms with E-state index in [1.807, 2.05) is 48.5 Å². The van der Waals surface area contributed by atoms with Crippen LogP contribution in [0, 0.1) is 0 Å². The number of piperazine rings is 1. The number of nitrogens with zero attached hydrogens (tertiary/aromatic N) is 2. The topological polar surface area (TPSA) is 79.3 Å². The smallest absolute Gasteiger partial charge is 0.312 e. The molecule has 2 aliphatic rings. The minimum atomic E-state index is -1.09. The molecule has 7 heteroatoms. The summed E-state index contributed by atoms with van der Waals surface area (Å²) >= 11 is 0. The first-order chi connectivity index (χ1) is 16.0. The Morgan fingerprint density at radius 1 is 1.03 bits per heavy atom. The lowest BCUT2D eigenvalue weighted by atomic mass is 10.0. The predicted octanol–water partition coefficient (Wildman–Crippen LogP) is 3.75. The first-order valence-electron chi connectivity index (χ1n) is 11.7. The Kier molecular flexibility index (Phi) is 7.37. The van der Waals surface area contributed by atoms with Gasteiger partial charge in [0.25, 0.3) is 0 Å². The second-order valence-electron chi connectivity index (χ2n) is 8.81. The summed E-state index contributed by atoms with van der Waals surface area (Å²) < 4.78 is 11.8. The van der Waals surface area contributed by atoms with Crippen molar-refractivity contribution < 1.29 is 24.2 Å². The van der Waals surface area contributed by atoms with E-state index in [4.69, 9.17) is 14.6 Å². The molecule has 7 nitrogen and oxygen atoms in total. The number of hydrogen-bond donors (Lipinski definition) is 1. The van der Waals surface area contributed by atoms with Gasteiger partial charge in [-0.3, -0.25) is 9.59 Å². The molecular formula is C26H32N2O5. The van der Waals surface area contributed by atoms with Crippen molar-refractivity contribution in [2.75, 3.05) is 31.6 Å². The number of hydrogen-bond acceptors (Lipinski definition) is 5. The van der Waals surface area contributed by atoms with Gasteiger partial charge in [-0.2, -0.15) is 0 Å². The molecule has 1 unspecified atom stereocenters. The minimum Gasteiger partial charge on any atom is -0.493 e. The van der Waals surface area contributed by atoms with Gasteiger partial charge in [-0.05, 0) is 49.8 Å². The van der Waals surface area contributed by atoms with E-state index < -0.39 is 12.4 Å². The first kappa shape index (κ1) is 23.0. The average Bonchev–Trinajstić information content (AvgIpc) is 3.32. The van der Waals surface area contributed by atoms with Crippen LogP contribution < -0.4 is 14.4 Å². The highest BCUT2D eigenvalue weighted by molar-refractivity contribution is 5.93. The molecule has 2 aromatic carbocycles. The standard InChI is InChI=1S/C26H32N2O5/c1-32-23-12-11-20(16-24(23)33-22-9-5-6-10-22)27-13-14-28(25(29)17-26(30)31)21(18-27)15-19-7-3-2-4-8-19/h2-4,7-8,11-12,16,21-22H,5-6,9-10,13-15,17-18H2,1H3,(H,30,31). The molecule has 4 rings (SSSR count). The Balaban J connectivity index is 1.54. The van der Waals surface area contributed by atoms with Crippen LogP contribution in [0.25, 0.3) is 0 Å². The van der Waals surface area contributed by atoms with Crippen molar-refractivity contribution in [1.29, 1.82) is 0 Å². The lowest BCUT2D eigenvalue weighted by Crippen LogP contribution is -2.56. The van der Waals surface area contributed by atoms with Gasteiger partial charge in [-0.15, -0.1) is 0 Å². The van der Waals surface area contributed by atoms with E-state index in [0.29, 0.717) is 26.1 Å². The molecule has 1 N–H and O–H groups in total. The number of aliphatic carboxylic acids is 1. The third kappa shape index (κ3) is 5.78. The molecule has 1 amide bonds. The molecule has 1 aliphatic carbocycles. The van der Waals surface area contributed by atoms with E-state index in [0.717, 1.165) is 35.6 Å². The molecule has 1 atom stereocenters. The molecule has 1 heterocycles. The Hall–Kier alpha value is -3.22. The number of rotatable bonds is 8. The predicted molar refractivity (Wildman–Crippen MR) is 126 cm³/mol. The van der Waals surface area contributed by atoms with Crippen molar-refractivity contribution in [2.45, 2.75) is 50.7 Å². The summed E-state index contributed by atoms with van der Waals surface area (Å²) in [7, 11) is 1.65. The Morgan fingerprint density at radius 2 is 1.79 bits per heavy atom. The second kappa shape index (κ2) is 10.6. The van der Waals surface area contributed by atoms with Crippen LogP contribution in [0.3, 0.4) is 0 Å². The summed E-state index contributed by atoms with van der Waals surface area (Å²) in [4.78, 5) is 27.8. The summed E-state index contributed by atoms with van der Waals surface area (Å²) in [5.74, 6) is 0.0560. The molecule has 0 bridgehead atoms. The van der Waals surface area contributed by atoms with Crippen LogP contribution in [-0.2, 0) is 16.0 Å². The number of carbonyl (C=O) groups excluding carboxylic acids is 1. The quantitative estimate of drug-likeness (QED) is 0.615. The zero-order valence-corrected chi connectivity index (χ0v) is 19.1. The summed E-state index contributed by atoms with van der Waals surface area (Å²) in [6.45, 7) is 1.73. The lowest BCUT2D eigenvalue weighted by Gasteiger charge is -2.42. The largest absolute Gasteiger partial charge is 0.493 e. The van der Waals surface area contributed by atoms with Crippen LogP contribution in [0.15, 0.2) is 48.5 Å². The normalized spacial score (nSPS) is 18.9. The summed E-state index contributed by atoms with van der Waals surface area (Å²) in [5, 5.41) is 9.13. The number of carboxylic acids is 1. The number of ether oxygens (including phenoxy) is 2. The van der Waals surface area contributed by atoms with Crippen molar-refractivity contribution >= 4 is 17.6 Å². The molecule has 0 radical (unpaired) electrons.